The van der Waals surface area contributed by atoms with Crippen LogP contribution in [0.4, 0.5) is 5.82 Å². The first-order chi connectivity index (χ1) is 13.5. The van der Waals surface area contributed by atoms with Crippen LogP contribution in [0.25, 0.3) is 11.0 Å². The number of fused-ring (bicyclic) bond motifs is 2. The molecule has 2 atom stereocenters. The number of aryl methyl sites for hydroxylation is 1. The van der Waals surface area contributed by atoms with Crippen LogP contribution in [-0.2, 0) is 13.0 Å². The fourth-order valence-electron chi connectivity index (χ4n) is 4.71. The molecule has 2 aromatic heterocycles. The van der Waals surface area contributed by atoms with E-state index >= 15 is 0 Å². The number of hydrogen-bond donors (Lipinski definition) is 2. The van der Waals surface area contributed by atoms with Gasteiger partial charge in [-0.15, -0.1) is 24.8 Å². The second-order valence-electron chi connectivity index (χ2n) is 8.97. The second-order valence-corrected chi connectivity index (χ2v) is 8.97. The molecule has 2 aliphatic heterocycles. The second kappa shape index (κ2) is 10.4. The topological polar surface area (TPSA) is 79.1 Å². The summed E-state index contributed by atoms with van der Waals surface area (Å²) in [6.07, 6.45) is 6.49. The molecule has 4 heterocycles. The Morgan fingerprint density at radius 2 is 2.07 bits per heavy atom. The highest BCUT2D eigenvalue weighted by atomic mass is 35.5. The molecule has 2 N–H and O–H groups in total. The monoisotopic (exact) mass is 458 g/mol. The minimum Gasteiger partial charge on any atom is -0.389 e. The Balaban J connectivity index is 0.00000160. The maximum atomic E-state index is 11.0. The summed E-state index contributed by atoms with van der Waals surface area (Å²) in [6.45, 7) is 11.0. The SMILES string of the molecule is CCCCn1nc(CC(C)C)c2c(N3CC[C@@]4(O)CCNC[C@H]4C3)ncnc21.Cl.Cl. The summed E-state index contributed by atoms with van der Waals surface area (Å²) in [5, 5.41) is 20.5. The van der Waals surface area contributed by atoms with Crippen LogP contribution < -0.4 is 10.2 Å². The Kier molecular flexibility index (Phi) is 8.74. The molecule has 0 saturated carbocycles. The number of rotatable bonds is 6. The molecular formula is C21H36Cl2N6O. The first-order valence-electron chi connectivity index (χ1n) is 10.9. The van der Waals surface area contributed by atoms with Crippen LogP contribution in [0.3, 0.4) is 0 Å². The molecule has 2 fully saturated rings. The molecule has 2 aliphatic rings. The number of aliphatic hydroxyl groups is 1. The van der Waals surface area contributed by atoms with Gasteiger partial charge >= 0.3 is 0 Å². The summed E-state index contributed by atoms with van der Waals surface area (Å²) >= 11 is 0. The molecule has 4 rings (SSSR count). The molecule has 0 bridgehead atoms. The maximum absolute atomic E-state index is 11.0. The van der Waals surface area contributed by atoms with Crippen LogP contribution in [-0.4, -0.2) is 56.6 Å². The van der Waals surface area contributed by atoms with Crippen molar-refractivity contribution in [1.29, 1.82) is 0 Å². The number of nitrogens with one attached hydrogen (secondary N) is 1. The predicted octanol–water partition coefficient (Wildman–Crippen LogP) is 3.22. The zero-order valence-corrected chi connectivity index (χ0v) is 19.9. The summed E-state index contributed by atoms with van der Waals surface area (Å²) in [5.41, 5.74) is 1.54. The average molecular weight is 459 g/mol. The smallest absolute Gasteiger partial charge is 0.163 e. The number of anilines is 1. The van der Waals surface area contributed by atoms with E-state index in [0.717, 1.165) is 87.4 Å². The molecule has 0 aromatic carbocycles. The van der Waals surface area contributed by atoms with E-state index in [1.54, 1.807) is 6.33 Å². The molecule has 30 heavy (non-hydrogen) atoms. The first kappa shape index (κ1) is 25.1. The van der Waals surface area contributed by atoms with Crippen LogP contribution in [0.5, 0.6) is 0 Å². The first-order valence-corrected chi connectivity index (χ1v) is 10.9. The Bertz CT molecular complexity index is 829. The van der Waals surface area contributed by atoms with Crippen molar-refractivity contribution in [3.63, 3.8) is 0 Å². The van der Waals surface area contributed by atoms with Crippen molar-refractivity contribution in [3.05, 3.63) is 12.0 Å². The van der Waals surface area contributed by atoms with Crippen LogP contribution in [0.1, 0.15) is 52.1 Å². The minimum absolute atomic E-state index is 0. The van der Waals surface area contributed by atoms with Gasteiger partial charge in [-0.25, -0.2) is 14.6 Å². The van der Waals surface area contributed by atoms with Gasteiger partial charge in [0.2, 0.25) is 0 Å². The molecule has 0 aliphatic carbocycles. The lowest BCUT2D eigenvalue weighted by Gasteiger charge is -2.47. The van der Waals surface area contributed by atoms with Gasteiger partial charge in [-0.05, 0) is 38.1 Å². The van der Waals surface area contributed by atoms with E-state index in [1.165, 1.54) is 0 Å². The van der Waals surface area contributed by atoms with Gasteiger partial charge in [0, 0.05) is 32.1 Å². The lowest BCUT2D eigenvalue weighted by molar-refractivity contribution is -0.0539. The largest absolute Gasteiger partial charge is 0.389 e. The molecule has 7 nitrogen and oxygen atoms in total. The standard InChI is InChI=1S/C21H34N6O.2ClH/c1-4-5-9-27-20-18(17(25-27)11-15(2)3)19(23-14-24-20)26-10-7-21(28)6-8-22-12-16(21)13-26;;/h14-16,22,28H,4-13H2,1-3H3;2*1H/t16-,21-;;/m0../s1. The van der Waals surface area contributed by atoms with Crippen molar-refractivity contribution >= 4 is 41.7 Å². The van der Waals surface area contributed by atoms with E-state index in [-0.39, 0.29) is 30.7 Å². The quantitative estimate of drug-likeness (QED) is 0.691. The molecule has 170 valence electrons. The van der Waals surface area contributed by atoms with E-state index in [9.17, 15) is 5.11 Å². The van der Waals surface area contributed by atoms with Crippen LogP contribution in [0.15, 0.2) is 6.33 Å². The van der Waals surface area contributed by atoms with Crippen molar-refractivity contribution in [2.75, 3.05) is 31.1 Å². The minimum atomic E-state index is -0.528. The van der Waals surface area contributed by atoms with Crippen LogP contribution in [0, 0.1) is 11.8 Å². The van der Waals surface area contributed by atoms with Gasteiger partial charge in [0.15, 0.2) is 5.65 Å². The van der Waals surface area contributed by atoms with Gasteiger partial charge in [0.25, 0.3) is 0 Å². The third-order valence-corrected chi connectivity index (χ3v) is 6.35. The Morgan fingerprint density at radius 1 is 1.27 bits per heavy atom. The number of aromatic nitrogens is 4. The van der Waals surface area contributed by atoms with Crippen molar-refractivity contribution in [2.45, 2.75) is 65.0 Å². The molecule has 2 aromatic rings. The fourth-order valence-corrected chi connectivity index (χ4v) is 4.71. The van der Waals surface area contributed by atoms with Gasteiger partial charge < -0.3 is 15.3 Å². The van der Waals surface area contributed by atoms with Gasteiger partial charge in [0.05, 0.1) is 16.7 Å². The molecular weight excluding hydrogens is 423 g/mol. The van der Waals surface area contributed by atoms with E-state index in [1.807, 2.05) is 0 Å². The number of nitrogens with zero attached hydrogens (tertiary/aromatic N) is 5. The molecule has 0 unspecified atom stereocenters. The lowest BCUT2D eigenvalue weighted by Crippen LogP contribution is -2.59. The van der Waals surface area contributed by atoms with Crippen molar-refractivity contribution in [1.82, 2.24) is 25.1 Å². The van der Waals surface area contributed by atoms with Crippen LogP contribution in [0.2, 0.25) is 0 Å². The maximum Gasteiger partial charge on any atom is 0.163 e. The summed E-state index contributed by atoms with van der Waals surface area (Å²) in [4.78, 5) is 11.7. The fraction of sp³-hybridized carbons (Fsp3) is 0.762. The highest BCUT2D eigenvalue weighted by Gasteiger charge is 2.43. The summed E-state index contributed by atoms with van der Waals surface area (Å²) in [5.74, 6) is 1.76. The van der Waals surface area contributed by atoms with Crippen molar-refractivity contribution < 1.29 is 5.11 Å². The summed E-state index contributed by atoms with van der Waals surface area (Å²) in [6, 6.07) is 0. The molecule has 9 heteroatoms. The van der Waals surface area contributed by atoms with E-state index in [0.29, 0.717) is 5.92 Å². The van der Waals surface area contributed by atoms with Crippen molar-refractivity contribution in [3.8, 4) is 0 Å². The van der Waals surface area contributed by atoms with Gasteiger partial charge in [-0.3, -0.25) is 0 Å². The third kappa shape index (κ3) is 4.85. The van der Waals surface area contributed by atoms with E-state index in [2.05, 4.69) is 40.7 Å². The summed E-state index contributed by atoms with van der Waals surface area (Å²) < 4.78 is 2.07. The zero-order chi connectivity index (χ0) is 19.7. The van der Waals surface area contributed by atoms with Crippen LogP contribution >= 0.6 is 24.8 Å². The number of halogens is 2. The van der Waals surface area contributed by atoms with Gasteiger partial charge in [-0.2, -0.15) is 5.10 Å². The molecule has 2 saturated heterocycles. The predicted molar refractivity (Wildman–Crippen MR) is 126 cm³/mol. The summed E-state index contributed by atoms with van der Waals surface area (Å²) in [7, 11) is 0. The number of piperidine rings is 2. The van der Waals surface area contributed by atoms with E-state index < -0.39 is 5.60 Å². The average Bonchev–Trinajstić information content (AvgIpc) is 3.02. The third-order valence-electron chi connectivity index (χ3n) is 6.35. The normalized spacial score (nSPS) is 23.8. The van der Waals surface area contributed by atoms with Gasteiger partial charge in [-0.1, -0.05) is 27.2 Å². The zero-order valence-electron chi connectivity index (χ0n) is 18.3. The number of hydrogen-bond acceptors (Lipinski definition) is 6. The highest BCUT2D eigenvalue weighted by molar-refractivity contribution is 5.90. The Labute approximate surface area is 191 Å². The van der Waals surface area contributed by atoms with E-state index in [4.69, 9.17) is 10.1 Å². The molecule has 0 spiro atoms. The Hall–Kier alpha value is -1.15. The van der Waals surface area contributed by atoms with Crippen molar-refractivity contribution in [2.24, 2.45) is 11.8 Å². The molecule has 0 amide bonds. The molecule has 0 radical (unpaired) electrons. The Morgan fingerprint density at radius 3 is 2.80 bits per heavy atom. The lowest BCUT2D eigenvalue weighted by atomic mass is 9.76. The van der Waals surface area contributed by atoms with Gasteiger partial charge in [0.1, 0.15) is 12.1 Å². The highest BCUT2D eigenvalue weighted by Crippen LogP contribution is 2.37. The number of unbranched alkanes of at least 4 members (excludes halogenated alkanes) is 1.